The van der Waals surface area contributed by atoms with Crippen LogP contribution in [0.3, 0.4) is 0 Å². The summed E-state index contributed by atoms with van der Waals surface area (Å²) in [6.45, 7) is 5.05. The molecule has 0 saturated carbocycles. The van der Waals surface area contributed by atoms with Crippen LogP contribution in [-0.2, 0) is 23.9 Å². The van der Waals surface area contributed by atoms with Crippen molar-refractivity contribution in [2.45, 2.75) is 64.2 Å². The standard InChI is InChI=1S/C8H20N2O2.C6H11NO.C6H10O4/c9-3-1-5-11-7-8-12-6-2-4-10;8-6-4-2-1-3-5-7-6;7-5(8)3-1-2-4-6(9)10/h1-10H2;1-5H2,(H,7,8);1-4H2,(H,7,8)(H,9,10). The topological polar surface area (TPSA) is 174 Å². The van der Waals surface area contributed by atoms with Crippen molar-refractivity contribution in [1.82, 2.24) is 5.32 Å². The van der Waals surface area contributed by atoms with E-state index in [4.69, 9.17) is 31.2 Å². The molecule has 10 heteroatoms. The van der Waals surface area contributed by atoms with Gasteiger partial charge in [0.25, 0.3) is 0 Å². The maximum atomic E-state index is 10.6. The predicted octanol–water partition coefficient (Wildman–Crippen LogP) is 1.11. The predicted molar refractivity (Wildman–Crippen MR) is 114 cm³/mol. The summed E-state index contributed by atoms with van der Waals surface area (Å²) in [5.74, 6) is -1.52. The van der Waals surface area contributed by atoms with Gasteiger partial charge in [0.05, 0.1) is 13.2 Å². The van der Waals surface area contributed by atoms with Crippen LogP contribution in [0.2, 0.25) is 0 Å². The number of rotatable bonds is 14. The molecule has 1 rings (SSSR count). The highest BCUT2D eigenvalue weighted by molar-refractivity contribution is 5.75. The van der Waals surface area contributed by atoms with Gasteiger partial charge in [-0.25, -0.2) is 0 Å². The van der Waals surface area contributed by atoms with Gasteiger partial charge in [0, 0.05) is 39.0 Å². The molecule has 1 heterocycles. The molecule has 0 aromatic rings. The molecule has 1 fully saturated rings. The molecule has 0 aromatic heterocycles. The molecule has 1 aliphatic rings. The zero-order valence-corrected chi connectivity index (χ0v) is 18.1. The monoisotopic (exact) mass is 435 g/mol. The van der Waals surface area contributed by atoms with E-state index >= 15 is 0 Å². The van der Waals surface area contributed by atoms with E-state index in [1.165, 1.54) is 6.42 Å². The van der Waals surface area contributed by atoms with E-state index < -0.39 is 11.9 Å². The second-order valence-electron chi connectivity index (χ2n) is 6.66. The zero-order valence-electron chi connectivity index (χ0n) is 18.1. The maximum absolute atomic E-state index is 10.6. The van der Waals surface area contributed by atoms with Gasteiger partial charge < -0.3 is 36.5 Å². The van der Waals surface area contributed by atoms with Crippen molar-refractivity contribution in [3.8, 4) is 0 Å². The first kappa shape index (κ1) is 30.4. The Bertz CT molecular complexity index is 387. The minimum absolute atomic E-state index is 0.0628. The van der Waals surface area contributed by atoms with Gasteiger partial charge in [-0.2, -0.15) is 0 Å². The van der Waals surface area contributed by atoms with Crippen LogP contribution < -0.4 is 16.8 Å². The van der Waals surface area contributed by atoms with E-state index in [2.05, 4.69) is 5.32 Å². The number of nitrogens with two attached hydrogens (primary N) is 2. The van der Waals surface area contributed by atoms with Gasteiger partial charge in [-0.3, -0.25) is 14.4 Å². The van der Waals surface area contributed by atoms with E-state index in [9.17, 15) is 14.4 Å². The molecule has 0 aromatic carbocycles. The lowest BCUT2D eigenvalue weighted by Gasteiger charge is -2.03. The molecule has 178 valence electrons. The van der Waals surface area contributed by atoms with Crippen LogP contribution in [-0.4, -0.2) is 74.1 Å². The number of hydrogen-bond donors (Lipinski definition) is 5. The van der Waals surface area contributed by atoms with Crippen LogP contribution in [0, 0.1) is 0 Å². The summed E-state index contributed by atoms with van der Waals surface area (Å²) >= 11 is 0. The van der Waals surface area contributed by atoms with Crippen LogP contribution >= 0.6 is 0 Å². The highest BCUT2D eigenvalue weighted by Gasteiger charge is 2.03. The summed E-state index contributed by atoms with van der Waals surface area (Å²) in [5.41, 5.74) is 10.6. The van der Waals surface area contributed by atoms with Crippen molar-refractivity contribution in [3.63, 3.8) is 0 Å². The summed E-state index contributed by atoms with van der Waals surface area (Å²) in [6, 6.07) is 0. The third-order valence-electron chi connectivity index (χ3n) is 3.79. The molecule has 1 aliphatic heterocycles. The molecule has 7 N–H and O–H groups in total. The van der Waals surface area contributed by atoms with Crippen molar-refractivity contribution < 1.29 is 34.1 Å². The van der Waals surface area contributed by atoms with Crippen molar-refractivity contribution in [3.05, 3.63) is 0 Å². The summed E-state index contributed by atoms with van der Waals surface area (Å²) in [6.07, 6.45) is 7.03. The molecule has 0 atom stereocenters. The molecular weight excluding hydrogens is 394 g/mol. The van der Waals surface area contributed by atoms with E-state index in [-0.39, 0.29) is 18.7 Å². The minimum Gasteiger partial charge on any atom is -0.481 e. The molecular formula is C20H41N3O7. The lowest BCUT2D eigenvalue weighted by Crippen LogP contribution is -2.21. The summed E-state index contributed by atoms with van der Waals surface area (Å²) in [7, 11) is 0. The molecule has 1 saturated heterocycles. The number of carboxylic acid groups (broad SMARTS) is 2. The minimum atomic E-state index is -0.870. The normalized spacial score (nSPS) is 13.1. The molecule has 30 heavy (non-hydrogen) atoms. The first-order chi connectivity index (χ1) is 14.4. The van der Waals surface area contributed by atoms with Crippen LogP contribution in [0.5, 0.6) is 0 Å². The number of unbranched alkanes of at least 4 members (excludes halogenated alkanes) is 1. The Balaban J connectivity index is 0. The van der Waals surface area contributed by atoms with E-state index in [1.807, 2.05) is 0 Å². The largest absolute Gasteiger partial charge is 0.481 e. The molecule has 10 nitrogen and oxygen atoms in total. The highest BCUT2D eigenvalue weighted by Crippen LogP contribution is 2.02. The SMILES string of the molecule is NCCCOCCOCCCN.O=C(O)CCCCC(=O)O.O=C1CCCCCN1. The Kier molecular flexibility index (Phi) is 25.7. The van der Waals surface area contributed by atoms with Gasteiger partial charge in [0.1, 0.15) is 0 Å². The Morgan fingerprint density at radius 2 is 1.30 bits per heavy atom. The van der Waals surface area contributed by atoms with Crippen molar-refractivity contribution >= 4 is 17.8 Å². The first-order valence-corrected chi connectivity index (χ1v) is 10.7. The Labute approximate surface area is 179 Å². The molecule has 1 amide bonds. The molecule has 0 bridgehead atoms. The fourth-order valence-electron chi connectivity index (χ4n) is 2.15. The van der Waals surface area contributed by atoms with Crippen molar-refractivity contribution in [2.75, 3.05) is 46.1 Å². The second-order valence-corrected chi connectivity index (χ2v) is 6.66. The average molecular weight is 436 g/mol. The summed E-state index contributed by atoms with van der Waals surface area (Å²) in [5, 5.41) is 19.1. The van der Waals surface area contributed by atoms with Crippen LogP contribution in [0.4, 0.5) is 0 Å². The highest BCUT2D eigenvalue weighted by atomic mass is 16.5. The van der Waals surface area contributed by atoms with Gasteiger partial charge in [-0.05, 0) is 51.6 Å². The fourth-order valence-corrected chi connectivity index (χ4v) is 2.15. The number of carbonyl (C=O) groups is 3. The summed E-state index contributed by atoms with van der Waals surface area (Å²) in [4.78, 5) is 30.4. The van der Waals surface area contributed by atoms with Crippen molar-refractivity contribution in [2.24, 2.45) is 11.5 Å². The quantitative estimate of drug-likeness (QED) is 0.250. The van der Waals surface area contributed by atoms with Gasteiger partial charge in [-0.1, -0.05) is 6.42 Å². The fraction of sp³-hybridized carbons (Fsp3) is 0.850. The molecule has 0 aliphatic carbocycles. The zero-order chi connectivity index (χ0) is 22.9. The van der Waals surface area contributed by atoms with Crippen LogP contribution in [0.15, 0.2) is 0 Å². The Morgan fingerprint density at radius 1 is 0.800 bits per heavy atom. The van der Waals surface area contributed by atoms with E-state index in [0.717, 1.165) is 51.9 Å². The summed E-state index contributed by atoms with van der Waals surface area (Å²) < 4.78 is 10.4. The van der Waals surface area contributed by atoms with Crippen molar-refractivity contribution in [1.29, 1.82) is 0 Å². The number of carbonyl (C=O) groups excluding carboxylic acids is 1. The van der Waals surface area contributed by atoms with E-state index in [1.54, 1.807) is 0 Å². The lowest BCUT2D eigenvalue weighted by molar-refractivity contribution is -0.139. The Hall–Kier alpha value is -1.75. The number of aliphatic carboxylic acids is 2. The Morgan fingerprint density at radius 3 is 1.73 bits per heavy atom. The molecule has 0 spiro atoms. The second kappa shape index (κ2) is 25.3. The number of nitrogens with one attached hydrogen (secondary N) is 1. The maximum Gasteiger partial charge on any atom is 0.303 e. The molecule has 0 radical (unpaired) electrons. The third kappa shape index (κ3) is 31.0. The lowest BCUT2D eigenvalue weighted by atomic mass is 10.2. The van der Waals surface area contributed by atoms with Crippen LogP contribution in [0.1, 0.15) is 64.2 Å². The van der Waals surface area contributed by atoms with Crippen LogP contribution in [0.25, 0.3) is 0 Å². The van der Waals surface area contributed by atoms with Gasteiger partial charge in [0.2, 0.25) is 5.91 Å². The number of carboxylic acids is 2. The number of ether oxygens (including phenoxy) is 2. The third-order valence-corrected chi connectivity index (χ3v) is 3.79. The first-order valence-electron chi connectivity index (χ1n) is 10.7. The van der Waals surface area contributed by atoms with E-state index in [0.29, 0.717) is 39.1 Å². The molecule has 0 unspecified atom stereocenters. The van der Waals surface area contributed by atoms with Gasteiger partial charge >= 0.3 is 11.9 Å². The smallest absolute Gasteiger partial charge is 0.303 e. The van der Waals surface area contributed by atoms with Gasteiger partial charge in [0.15, 0.2) is 0 Å². The number of hydrogen-bond acceptors (Lipinski definition) is 7. The average Bonchev–Trinajstić information content (AvgIpc) is 2.96. The number of amides is 1. The van der Waals surface area contributed by atoms with Gasteiger partial charge in [-0.15, -0.1) is 0 Å².